The zero-order valence-electron chi connectivity index (χ0n) is 21.3. The van der Waals surface area contributed by atoms with Gasteiger partial charge in [0.25, 0.3) is 17.1 Å². The van der Waals surface area contributed by atoms with Crippen molar-refractivity contribution < 1.29 is 36.0 Å². The van der Waals surface area contributed by atoms with Crippen LogP contribution in [-0.4, -0.2) is 64.1 Å². The summed E-state index contributed by atoms with van der Waals surface area (Å²) < 4.78 is 69.6. The number of hydrogen-bond acceptors (Lipinski definition) is 7. The number of halogens is 5. The lowest BCUT2D eigenvalue weighted by Crippen LogP contribution is -2.46. The van der Waals surface area contributed by atoms with Gasteiger partial charge in [0.05, 0.1) is 22.5 Å². The van der Waals surface area contributed by atoms with E-state index >= 15 is 0 Å². The molecule has 3 aromatic rings. The van der Waals surface area contributed by atoms with Crippen LogP contribution in [0, 0.1) is 0 Å². The highest BCUT2D eigenvalue weighted by atomic mass is 35.5. The third-order valence-electron chi connectivity index (χ3n) is 6.55. The molecule has 2 fully saturated rings. The number of nitrogens with zero attached hydrogens (tertiary/aromatic N) is 4. The van der Waals surface area contributed by atoms with Crippen molar-refractivity contribution >= 4 is 79.2 Å². The van der Waals surface area contributed by atoms with Crippen LogP contribution >= 0.6 is 35.0 Å². The predicted octanol–water partition coefficient (Wildman–Crippen LogP) is 4.90. The smallest absolute Gasteiger partial charge is 0.272 e. The van der Waals surface area contributed by atoms with Crippen LogP contribution in [0.2, 0.25) is 10.2 Å². The minimum Gasteiger partial charge on any atom is -0.272 e. The molecule has 3 heterocycles. The Hall–Kier alpha value is -3.11. The van der Waals surface area contributed by atoms with Crippen molar-refractivity contribution in [1.29, 1.82) is 0 Å². The molecule has 1 N–H and O–H groups in total. The Morgan fingerprint density at radius 1 is 1.10 bits per heavy atom. The summed E-state index contributed by atoms with van der Waals surface area (Å²) in [5.74, 6) is -1.82. The summed E-state index contributed by atoms with van der Waals surface area (Å²) >= 11 is 12.6. The summed E-state index contributed by atoms with van der Waals surface area (Å²) in [4.78, 5) is 38.3. The number of carbonyl (C=O) groups excluding carboxylic acids is 3. The predicted molar refractivity (Wildman–Crippen MR) is 151 cm³/mol. The monoisotopic (exact) mass is 661 g/mol. The van der Waals surface area contributed by atoms with Crippen molar-refractivity contribution in [2.24, 2.45) is 0 Å². The molecule has 5 rings (SSSR count). The normalized spacial score (nSPS) is 17.6. The van der Waals surface area contributed by atoms with E-state index in [1.165, 1.54) is 22.9 Å². The maximum absolute atomic E-state index is 13.6. The van der Waals surface area contributed by atoms with Crippen molar-refractivity contribution in [2.75, 3.05) is 19.6 Å². The van der Waals surface area contributed by atoms with E-state index in [1.807, 2.05) is 4.72 Å². The Morgan fingerprint density at radius 3 is 2.50 bits per heavy atom. The average Bonchev–Trinajstić information content (AvgIpc) is 3.61. The first-order valence-corrected chi connectivity index (χ1v) is 15.3. The molecule has 10 nitrogen and oxygen atoms in total. The number of amides is 3. The number of benzene rings is 2. The maximum atomic E-state index is 13.6. The van der Waals surface area contributed by atoms with E-state index in [4.69, 9.17) is 23.2 Å². The molecule has 42 heavy (non-hydrogen) atoms. The lowest BCUT2D eigenvalue weighted by atomic mass is 10.1. The van der Waals surface area contributed by atoms with E-state index in [-0.39, 0.29) is 40.3 Å². The highest BCUT2D eigenvalue weighted by Gasteiger charge is 2.38. The van der Waals surface area contributed by atoms with Crippen LogP contribution in [-0.2, 0) is 32.5 Å². The number of carbonyl (C=O) groups is 3. The number of thioether (sulfide) groups is 1. The first kappa shape index (κ1) is 30.4. The van der Waals surface area contributed by atoms with Gasteiger partial charge in [0.2, 0.25) is 0 Å². The second-order valence-corrected chi connectivity index (χ2v) is 12.9. The lowest BCUT2D eigenvalue weighted by molar-refractivity contribution is -0.138. The maximum Gasteiger partial charge on any atom is 0.416 e. The van der Waals surface area contributed by atoms with Gasteiger partial charge in [-0.25, -0.2) is 4.72 Å². The fourth-order valence-corrected chi connectivity index (χ4v) is 7.05. The van der Waals surface area contributed by atoms with Gasteiger partial charge in [-0.15, -0.1) is 0 Å². The molecule has 0 aliphatic carbocycles. The van der Waals surface area contributed by atoms with Gasteiger partial charge in [-0.05, 0) is 66.1 Å². The van der Waals surface area contributed by atoms with Crippen molar-refractivity contribution in [1.82, 2.24) is 23.7 Å². The zero-order chi connectivity index (χ0) is 30.4. The van der Waals surface area contributed by atoms with Gasteiger partial charge in [0, 0.05) is 23.5 Å². The van der Waals surface area contributed by atoms with E-state index in [1.54, 1.807) is 18.2 Å². The quantitative estimate of drug-likeness (QED) is 0.357. The third-order valence-corrected chi connectivity index (χ3v) is 9.50. The molecule has 3 amide bonds. The summed E-state index contributed by atoms with van der Waals surface area (Å²) in [6, 6.07) is 8.12. The molecule has 1 aromatic heterocycles. The number of alkyl halides is 3. The molecule has 222 valence electrons. The molecule has 0 spiro atoms. The highest BCUT2D eigenvalue weighted by molar-refractivity contribution is 8.18. The summed E-state index contributed by atoms with van der Waals surface area (Å²) in [5, 5.41) is 3.74. The summed E-state index contributed by atoms with van der Waals surface area (Å²) in [6.45, 7) is -0.480. The molecule has 2 aromatic carbocycles. The van der Waals surface area contributed by atoms with Crippen LogP contribution in [0.3, 0.4) is 0 Å². The first-order chi connectivity index (χ1) is 19.7. The fraction of sp³-hybridized carbons (Fsp3) is 0.280. The second-order valence-electron chi connectivity index (χ2n) is 9.43. The zero-order valence-corrected chi connectivity index (χ0v) is 24.5. The number of aromatic nitrogens is 2. The van der Waals surface area contributed by atoms with Crippen molar-refractivity contribution in [2.45, 2.75) is 25.6 Å². The third kappa shape index (κ3) is 6.29. The van der Waals surface area contributed by atoms with Gasteiger partial charge in [-0.1, -0.05) is 35.3 Å². The SMILES string of the molecule is O=C(CN1C(=O)S/C(=C\c2ccc3c(c2)c(Cl)nn3Cc2ccc(Cl)cc2C(F)(F)F)C1=O)NS(=O)(=O)N1CCCC1. The molecule has 0 radical (unpaired) electrons. The Kier molecular flexibility index (Phi) is 8.33. The van der Waals surface area contributed by atoms with Crippen molar-refractivity contribution in [3.05, 3.63) is 68.2 Å². The molecule has 0 atom stereocenters. The van der Waals surface area contributed by atoms with Crippen LogP contribution in [0.4, 0.5) is 18.0 Å². The molecule has 2 saturated heterocycles. The number of rotatable bonds is 7. The van der Waals surface area contributed by atoms with E-state index < -0.39 is 45.5 Å². The number of fused-ring (bicyclic) bond motifs is 1. The number of imide groups is 1. The average molecular weight is 662 g/mol. The molecule has 2 aliphatic rings. The Balaban J connectivity index is 1.34. The van der Waals surface area contributed by atoms with Crippen molar-refractivity contribution in [3.63, 3.8) is 0 Å². The van der Waals surface area contributed by atoms with Gasteiger partial charge in [0.1, 0.15) is 6.54 Å². The Labute approximate surface area is 251 Å². The van der Waals surface area contributed by atoms with E-state index in [0.717, 1.165) is 10.4 Å². The highest BCUT2D eigenvalue weighted by Crippen LogP contribution is 2.36. The molecule has 17 heteroatoms. The van der Waals surface area contributed by atoms with Gasteiger partial charge >= 0.3 is 16.4 Å². The van der Waals surface area contributed by atoms with E-state index in [2.05, 4.69) is 5.10 Å². The van der Waals surface area contributed by atoms with Gasteiger partial charge in [-0.3, -0.25) is 24.0 Å². The first-order valence-electron chi connectivity index (χ1n) is 12.3. The van der Waals surface area contributed by atoms with Crippen LogP contribution in [0.5, 0.6) is 0 Å². The number of nitrogens with one attached hydrogen (secondary N) is 1. The lowest BCUT2D eigenvalue weighted by Gasteiger charge is -2.17. The minimum absolute atomic E-state index is 0.00626. The summed E-state index contributed by atoms with van der Waals surface area (Å²) in [5.41, 5.74) is -0.116. The van der Waals surface area contributed by atoms with Crippen molar-refractivity contribution in [3.8, 4) is 0 Å². The topological polar surface area (TPSA) is 122 Å². The van der Waals surface area contributed by atoms with E-state index in [9.17, 15) is 36.0 Å². The van der Waals surface area contributed by atoms with Gasteiger partial charge in [-0.2, -0.15) is 31.0 Å². The standard InChI is InChI=1S/C25H20Cl2F3N5O5S2/c26-16-5-4-15(18(11-16)25(28,29)30)12-35-19-6-3-14(9-17(19)22(27)31-35)10-20-23(37)34(24(38)41-20)13-21(36)32-42(39,40)33-7-1-2-8-33/h3-6,9-11H,1-2,7-8,12-13H2,(H,32,36)/b20-10-. The molecule has 0 bridgehead atoms. The van der Waals surface area contributed by atoms with E-state index in [0.29, 0.717) is 46.0 Å². The summed E-state index contributed by atoms with van der Waals surface area (Å²) in [7, 11) is -4.07. The Morgan fingerprint density at radius 2 is 1.81 bits per heavy atom. The molecule has 0 saturated carbocycles. The van der Waals surface area contributed by atoms with Crippen LogP contribution in [0.15, 0.2) is 41.3 Å². The molecular formula is C25H20Cl2F3N5O5S2. The second kappa shape index (κ2) is 11.5. The Bertz CT molecular complexity index is 1750. The molecule has 0 unspecified atom stereocenters. The summed E-state index contributed by atoms with van der Waals surface area (Å²) in [6.07, 6.45) is -1.91. The van der Waals surface area contributed by atoms with Crippen LogP contribution in [0.25, 0.3) is 17.0 Å². The fourth-order valence-electron chi connectivity index (χ4n) is 4.58. The minimum atomic E-state index is -4.63. The van der Waals surface area contributed by atoms with Gasteiger partial charge < -0.3 is 0 Å². The molecule has 2 aliphatic heterocycles. The largest absolute Gasteiger partial charge is 0.416 e. The van der Waals surface area contributed by atoms with Crippen LogP contribution < -0.4 is 4.72 Å². The molecular weight excluding hydrogens is 642 g/mol. The van der Waals surface area contributed by atoms with Crippen LogP contribution in [0.1, 0.15) is 29.5 Å². The van der Waals surface area contributed by atoms with Gasteiger partial charge in [0.15, 0.2) is 5.15 Å². The number of hydrogen-bond donors (Lipinski definition) is 1.